The largest absolute Gasteiger partial charge is 0.493 e. The molecule has 0 saturated carbocycles. The molecule has 1 N–H and O–H groups in total. The quantitative estimate of drug-likeness (QED) is 0.761. The van der Waals surface area contributed by atoms with Gasteiger partial charge in [0.05, 0.1) is 26.9 Å². The second-order valence-corrected chi connectivity index (χ2v) is 5.40. The van der Waals surface area contributed by atoms with E-state index in [-0.39, 0.29) is 5.91 Å². The van der Waals surface area contributed by atoms with E-state index in [4.69, 9.17) is 14.2 Å². The Kier molecular flexibility index (Phi) is 4.75. The van der Waals surface area contributed by atoms with E-state index in [1.807, 2.05) is 42.5 Å². The Morgan fingerprint density at radius 2 is 1.52 bits per heavy atom. The normalized spacial score (nSPS) is 10.4. The van der Waals surface area contributed by atoms with Crippen LogP contribution in [0.3, 0.4) is 0 Å². The molecule has 0 fully saturated rings. The van der Waals surface area contributed by atoms with E-state index in [1.54, 1.807) is 12.1 Å². The highest BCUT2D eigenvalue weighted by Gasteiger charge is 2.20. The van der Waals surface area contributed by atoms with Crippen molar-refractivity contribution in [3.8, 4) is 17.2 Å². The summed E-state index contributed by atoms with van der Waals surface area (Å²) in [4.78, 5) is 12.7. The van der Waals surface area contributed by atoms with Crippen molar-refractivity contribution in [3.63, 3.8) is 0 Å². The van der Waals surface area contributed by atoms with Crippen LogP contribution in [-0.4, -0.2) is 27.2 Å². The third-order valence-electron chi connectivity index (χ3n) is 3.96. The molecule has 128 valence electrons. The smallest absolute Gasteiger partial charge is 0.259 e. The lowest BCUT2D eigenvalue weighted by atomic mass is 10.1. The summed E-state index contributed by atoms with van der Waals surface area (Å²) in [7, 11) is 4.53. The number of amides is 1. The third kappa shape index (κ3) is 3.21. The van der Waals surface area contributed by atoms with Gasteiger partial charge in [-0.15, -0.1) is 0 Å². The highest BCUT2D eigenvalue weighted by Crippen LogP contribution is 2.40. The summed E-state index contributed by atoms with van der Waals surface area (Å²) in [5.41, 5.74) is 1.08. The summed E-state index contributed by atoms with van der Waals surface area (Å²) in [6.07, 6.45) is 0. The molecule has 0 radical (unpaired) electrons. The number of carbonyl (C=O) groups is 1. The summed E-state index contributed by atoms with van der Waals surface area (Å²) in [5, 5.41) is 5.07. The fourth-order valence-corrected chi connectivity index (χ4v) is 2.75. The fourth-order valence-electron chi connectivity index (χ4n) is 2.75. The molecular formula is C20H19NO4. The molecule has 5 nitrogen and oxygen atoms in total. The van der Waals surface area contributed by atoms with Gasteiger partial charge < -0.3 is 19.5 Å². The Labute approximate surface area is 146 Å². The second kappa shape index (κ2) is 7.13. The van der Waals surface area contributed by atoms with Crippen molar-refractivity contribution >= 4 is 22.4 Å². The molecule has 3 aromatic rings. The van der Waals surface area contributed by atoms with Crippen LogP contribution in [0.5, 0.6) is 17.2 Å². The van der Waals surface area contributed by atoms with Crippen molar-refractivity contribution in [2.24, 2.45) is 0 Å². The molecule has 0 atom stereocenters. The van der Waals surface area contributed by atoms with Gasteiger partial charge in [-0.1, -0.05) is 30.3 Å². The molecule has 0 unspecified atom stereocenters. The average Bonchev–Trinajstić information content (AvgIpc) is 2.66. The molecular weight excluding hydrogens is 318 g/mol. The Hall–Kier alpha value is -3.21. The summed E-state index contributed by atoms with van der Waals surface area (Å²) in [6.45, 7) is 0. The lowest BCUT2D eigenvalue weighted by Gasteiger charge is -2.15. The number of fused-ring (bicyclic) bond motifs is 1. The number of anilines is 1. The van der Waals surface area contributed by atoms with Crippen LogP contribution in [0.4, 0.5) is 5.69 Å². The van der Waals surface area contributed by atoms with Crippen LogP contribution < -0.4 is 19.5 Å². The first kappa shape index (κ1) is 16.6. The molecule has 25 heavy (non-hydrogen) atoms. The van der Waals surface area contributed by atoms with E-state index in [0.29, 0.717) is 28.5 Å². The van der Waals surface area contributed by atoms with Gasteiger partial charge in [0.2, 0.25) is 5.75 Å². The van der Waals surface area contributed by atoms with Gasteiger partial charge in [0, 0.05) is 5.69 Å². The Morgan fingerprint density at radius 1 is 0.800 bits per heavy atom. The molecule has 0 aliphatic heterocycles. The molecule has 0 aromatic heterocycles. The van der Waals surface area contributed by atoms with Gasteiger partial charge in [-0.3, -0.25) is 4.79 Å². The van der Waals surface area contributed by atoms with Crippen molar-refractivity contribution in [3.05, 3.63) is 60.2 Å². The summed E-state index contributed by atoms with van der Waals surface area (Å²) in [6, 6.07) is 17.1. The Morgan fingerprint density at radius 3 is 2.20 bits per heavy atom. The SMILES string of the molecule is COc1ccc(C(=O)Nc2ccc3ccccc3c2)c(OC)c1OC. The third-order valence-corrected chi connectivity index (χ3v) is 3.96. The maximum absolute atomic E-state index is 12.7. The van der Waals surface area contributed by atoms with Crippen molar-refractivity contribution in [1.29, 1.82) is 0 Å². The lowest BCUT2D eigenvalue weighted by molar-refractivity contribution is 0.102. The molecule has 0 heterocycles. The Bertz CT molecular complexity index is 921. The minimum absolute atomic E-state index is 0.284. The van der Waals surface area contributed by atoms with Gasteiger partial charge in [0.15, 0.2) is 11.5 Å². The monoisotopic (exact) mass is 337 g/mol. The van der Waals surface area contributed by atoms with Crippen molar-refractivity contribution < 1.29 is 19.0 Å². The van der Waals surface area contributed by atoms with E-state index >= 15 is 0 Å². The maximum Gasteiger partial charge on any atom is 0.259 e. The fraction of sp³-hybridized carbons (Fsp3) is 0.150. The molecule has 0 saturated heterocycles. The molecule has 3 aromatic carbocycles. The highest BCUT2D eigenvalue weighted by atomic mass is 16.5. The van der Waals surface area contributed by atoms with Crippen molar-refractivity contribution in [2.75, 3.05) is 26.6 Å². The van der Waals surface area contributed by atoms with Crippen molar-refractivity contribution in [1.82, 2.24) is 0 Å². The van der Waals surface area contributed by atoms with Gasteiger partial charge in [-0.05, 0) is 35.0 Å². The topological polar surface area (TPSA) is 56.8 Å². The predicted octanol–water partition coefficient (Wildman–Crippen LogP) is 4.12. The zero-order valence-corrected chi connectivity index (χ0v) is 14.3. The van der Waals surface area contributed by atoms with Gasteiger partial charge in [-0.2, -0.15) is 0 Å². The number of hydrogen-bond donors (Lipinski definition) is 1. The van der Waals surface area contributed by atoms with E-state index in [2.05, 4.69) is 5.32 Å². The van der Waals surface area contributed by atoms with Crippen LogP contribution in [-0.2, 0) is 0 Å². The number of rotatable bonds is 5. The summed E-state index contributed by atoms with van der Waals surface area (Å²) >= 11 is 0. The lowest BCUT2D eigenvalue weighted by Crippen LogP contribution is -2.14. The first-order valence-electron chi connectivity index (χ1n) is 7.77. The van der Waals surface area contributed by atoms with Gasteiger partial charge in [0.25, 0.3) is 5.91 Å². The number of methoxy groups -OCH3 is 3. The number of benzene rings is 3. The van der Waals surface area contributed by atoms with E-state index in [1.165, 1.54) is 21.3 Å². The average molecular weight is 337 g/mol. The van der Waals surface area contributed by atoms with Crippen LogP contribution in [0.2, 0.25) is 0 Å². The second-order valence-electron chi connectivity index (χ2n) is 5.40. The standard InChI is InChI=1S/C20H19NO4/c1-23-17-11-10-16(18(24-2)19(17)25-3)20(22)21-15-9-8-13-6-4-5-7-14(13)12-15/h4-12H,1-3H3,(H,21,22). The molecule has 1 amide bonds. The van der Waals surface area contributed by atoms with E-state index in [9.17, 15) is 4.79 Å². The molecule has 0 aliphatic carbocycles. The maximum atomic E-state index is 12.7. The molecule has 0 spiro atoms. The van der Waals surface area contributed by atoms with Crippen LogP contribution in [0.25, 0.3) is 10.8 Å². The van der Waals surface area contributed by atoms with Crippen LogP contribution >= 0.6 is 0 Å². The molecule has 0 aliphatic rings. The van der Waals surface area contributed by atoms with Gasteiger partial charge in [0.1, 0.15) is 0 Å². The van der Waals surface area contributed by atoms with Gasteiger partial charge >= 0.3 is 0 Å². The van der Waals surface area contributed by atoms with E-state index in [0.717, 1.165) is 10.8 Å². The number of ether oxygens (including phenoxy) is 3. The highest BCUT2D eigenvalue weighted by molar-refractivity contribution is 6.07. The zero-order valence-electron chi connectivity index (χ0n) is 14.3. The number of carbonyl (C=O) groups excluding carboxylic acids is 1. The summed E-state index contributed by atoms with van der Waals surface area (Å²) in [5.74, 6) is 0.936. The minimum Gasteiger partial charge on any atom is -0.493 e. The predicted molar refractivity (Wildman–Crippen MR) is 98.0 cm³/mol. The first-order chi connectivity index (χ1) is 12.2. The molecule has 3 rings (SSSR count). The van der Waals surface area contributed by atoms with Crippen molar-refractivity contribution in [2.45, 2.75) is 0 Å². The van der Waals surface area contributed by atoms with Crippen LogP contribution in [0.15, 0.2) is 54.6 Å². The van der Waals surface area contributed by atoms with Gasteiger partial charge in [-0.25, -0.2) is 0 Å². The minimum atomic E-state index is -0.284. The first-order valence-corrected chi connectivity index (χ1v) is 7.77. The number of hydrogen-bond acceptors (Lipinski definition) is 4. The van der Waals surface area contributed by atoms with E-state index < -0.39 is 0 Å². The number of nitrogens with one attached hydrogen (secondary N) is 1. The van der Waals surface area contributed by atoms with Crippen LogP contribution in [0.1, 0.15) is 10.4 Å². The zero-order chi connectivity index (χ0) is 17.8. The Balaban J connectivity index is 1.94. The molecule has 0 bridgehead atoms. The van der Waals surface area contributed by atoms with Crippen LogP contribution in [0, 0.1) is 0 Å². The molecule has 5 heteroatoms. The summed E-state index contributed by atoms with van der Waals surface area (Å²) < 4.78 is 15.9.